The van der Waals surface area contributed by atoms with Gasteiger partial charge in [-0.15, -0.1) is 0 Å². The molecule has 0 fully saturated rings. The van der Waals surface area contributed by atoms with Crippen molar-refractivity contribution in [2.75, 3.05) is 7.11 Å². The summed E-state index contributed by atoms with van der Waals surface area (Å²) in [6.07, 6.45) is 0. The maximum absolute atomic E-state index is 11.7. The van der Waals surface area contributed by atoms with E-state index in [0.29, 0.717) is 16.1 Å². The molecule has 0 unspecified atom stereocenters. The van der Waals surface area contributed by atoms with Crippen molar-refractivity contribution < 1.29 is 9.53 Å². The van der Waals surface area contributed by atoms with E-state index in [4.69, 9.17) is 34.8 Å². The van der Waals surface area contributed by atoms with Gasteiger partial charge in [-0.25, -0.2) is 4.79 Å². The number of benzene rings is 1. The summed E-state index contributed by atoms with van der Waals surface area (Å²) in [6, 6.07) is 5.76. The fourth-order valence-corrected chi connectivity index (χ4v) is 2.42. The lowest BCUT2D eigenvalue weighted by Gasteiger charge is -2.10. The van der Waals surface area contributed by atoms with E-state index in [-0.39, 0.29) is 15.7 Å². The number of nitrogens with one attached hydrogen (secondary N) is 1. The Morgan fingerprint density at radius 1 is 1.15 bits per heavy atom. The second-order valence-electron chi connectivity index (χ2n) is 3.85. The first-order valence-electron chi connectivity index (χ1n) is 5.40. The number of methoxy groups -OCH3 is 1. The summed E-state index contributed by atoms with van der Waals surface area (Å²) in [5.41, 5.74) is 0.366. The molecule has 0 atom stereocenters. The van der Waals surface area contributed by atoms with Crippen molar-refractivity contribution in [1.29, 1.82) is 0 Å². The van der Waals surface area contributed by atoms with Gasteiger partial charge in [-0.2, -0.15) is 0 Å². The highest BCUT2D eigenvalue weighted by Crippen LogP contribution is 2.37. The minimum atomic E-state index is -0.690. The number of carbonyl (C=O) groups excluding carboxylic acids is 1. The van der Waals surface area contributed by atoms with Gasteiger partial charge in [-0.05, 0) is 18.2 Å². The van der Waals surface area contributed by atoms with Crippen LogP contribution in [-0.2, 0) is 4.74 Å². The molecule has 0 saturated carbocycles. The summed E-state index contributed by atoms with van der Waals surface area (Å²) in [5.74, 6) is -0.690. The molecule has 1 aromatic carbocycles. The van der Waals surface area contributed by atoms with Crippen molar-refractivity contribution in [1.82, 2.24) is 4.98 Å². The minimum Gasteiger partial charge on any atom is -0.464 e. The topological polar surface area (TPSA) is 59.2 Å². The van der Waals surface area contributed by atoms with Crippen LogP contribution in [0.15, 0.2) is 29.1 Å². The van der Waals surface area contributed by atoms with E-state index < -0.39 is 11.5 Å². The molecule has 1 aromatic heterocycles. The average Bonchev–Trinajstić information content (AvgIpc) is 2.42. The second-order valence-corrected chi connectivity index (χ2v) is 5.07. The van der Waals surface area contributed by atoms with Gasteiger partial charge in [0, 0.05) is 22.2 Å². The highest BCUT2D eigenvalue weighted by atomic mass is 35.5. The van der Waals surface area contributed by atoms with Crippen LogP contribution in [0.2, 0.25) is 15.1 Å². The Labute approximate surface area is 129 Å². The molecule has 0 aliphatic carbocycles. The molecule has 1 N–H and O–H groups in total. The molecular weight excluding hydrogens is 325 g/mol. The third-order valence-corrected chi connectivity index (χ3v) is 3.61. The molecule has 104 valence electrons. The molecule has 1 heterocycles. The molecule has 0 amide bonds. The number of rotatable bonds is 2. The van der Waals surface area contributed by atoms with Gasteiger partial charge in [-0.1, -0.05) is 34.8 Å². The average molecular weight is 333 g/mol. The van der Waals surface area contributed by atoms with E-state index in [2.05, 4.69) is 9.72 Å². The normalized spacial score (nSPS) is 10.4. The Kier molecular flexibility index (Phi) is 4.38. The van der Waals surface area contributed by atoms with E-state index >= 15 is 0 Å². The van der Waals surface area contributed by atoms with Crippen LogP contribution in [0.25, 0.3) is 11.1 Å². The van der Waals surface area contributed by atoms with E-state index in [1.54, 1.807) is 6.07 Å². The predicted octanol–water partition coefficient (Wildman–Crippen LogP) is 3.79. The van der Waals surface area contributed by atoms with E-state index in [9.17, 15) is 9.59 Å². The van der Waals surface area contributed by atoms with Crippen molar-refractivity contribution in [3.8, 4) is 11.1 Å². The predicted molar refractivity (Wildman–Crippen MR) is 78.9 cm³/mol. The fourth-order valence-electron chi connectivity index (χ4n) is 1.71. The molecule has 0 radical (unpaired) electrons. The molecule has 0 bridgehead atoms. The highest BCUT2D eigenvalue weighted by molar-refractivity contribution is 6.45. The maximum Gasteiger partial charge on any atom is 0.355 e. The maximum atomic E-state index is 11.7. The molecule has 0 aliphatic rings. The van der Waals surface area contributed by atoms with Gasteiger partial charge in [-0.3, -0.25) is 4.79 Å². The SMILES string of the molecule is COC(=O)c1[nH]c(=O)ccc1-c1cc(Cl)cc(Cl)c1Cl. The van der Waals surface area contributed by atoms with Gasteiger partial charge in [0.2, 0.25) is 5.56 Å². The summed E-state index contributed by atoms with van der Waals surface area (Å²) < 4.78 is 4.64. The van der Waals surface area contributed by atoms with Crippen molar-refractivity contribution in [3.63, 3.8) is 0 Å². The zero-order valence-corrected chi connectivity index (χ0v) is 12.4. The van der Waals surface area contributed by atoms with Crippen LogP contribution in [-0.4, -0.2) is 18.1 Å². The highest BCUT2D eigenvalue weighted by Gasteiger charge is 2.18. The summed E-state index contributed by atoms with van der Waals surface area (Å²) in [5, 5.41) is 0.834. The lowest BCUT2D eigenvalue weighted by molar-refractivity contribution is 0.0594. The van der Waals surface area contributed by atoms with Crippen molar-refractivity contribution >= 4 is 40.8 Å². The molecule has 0 saturated heterocycles. The Morgan fingerprint density at radius 3 is 2.50 bits per heavy atom. The van der Waals surface area contributed by atoms with E-state index in [1.807, 2.05) is 0 Å². The third-order valence-electron chi connectivity index (χ3n) is 2.59. The molecule has 2 rings (SSSR count). The Hall–Kier alpha value is -1.49. The number of halogens is 3. The summed E-state index contributed by atoms with van der Waals surface area (Å²) in [6.45, 7) is 0. The monoisotopic (exact) mass is 331 g/mol. The number of aromatic nitrogens is 1. The Balaban J connectivity index is 2.76. The van der Waals surface area contributed by atoms with Crippen LogP contribution in [0.4, 0.5) is 0 Å². The minimum absolute atomic E-state index is 0.0137. The van der Waals surface area contributed by atoms with Crippen LogP contribution < -0.4 is 5.56 Å². The number of esters is 1. The first-order chi connectivity index (χ1) is 9.43. The van der Waals surface area contributed by atoms with Crippen molar-refractivity contribution in [2.24, 2.45) is 0 Å². The molecular formula is C13H8Cl3NO3. The van der Waals surface area contributed by atoms with Crippen LogP contribution in [0.3, 0.4) is 0 Å². The van der Waals surface area contributed by atoms with Gasteiger partial charge in [0.25, 0.3) is 0 Å². The lowest BCUT2D eigenvalue weighted by atomic mass is 10.0. The second kappa shape index (κ2) is 5.87. The number of H-pyrrole nitrogens is 1. The van der Waals surface area contributed by atoms with Gasteiger partial charge in [0.05, 0.1) is 17.2 Å². The van der Waals surface area contributed by atoms with Crippen molar-refractivity contribution in [3.05, 3.63) is 55.4 Å². The first kappa shape index (κ1) is 14.9. The molecule has 2 aromatic rings. The standard InChI is InChI=1S/C13H8Cl3NO3/c1-20-13(19)12-7(2-3-10(18)17-12)8-4-6(14)5-9(15)11(8)16/h2-5H,1H3,(H,17,18). The molecule has 7 heteroatoms. The van der Waals surface area contributed by atoms with Crippen LogP contribution >= 0.6 is 34.8 Å². The molecule has 0 spiro atoms. The summed E-state index contributed by atoms with van der Waals surface area (Å²) in [4.78, 5) is 25.5. The largest absolute Gasteiger partial charge is 0.464 e. The van der Waals surface area contributed by atoms with E-state index in [0.717, 1.165) is 0 Å². The molecule has 4 nitrogen and oxygen atoms in total. The van der Waals surface area contributed by atoms with Gasteiger partial charge in [0.1, 0.15) is 5.69 Å². The molecule has 0 aliphatic heterocycles. The Morgan fingerprint density at radius 2 is 1.85 bits per heavy atom. The zero-order valence-electron chi connectivity index (χ0n) is 10.2. The van der Waals surface area contributed by atoms with Crippen LogP contribution in [0.5, 0.6) is 0 Å². The first-order valence-corrected chi connectivity index (χ1v) is 6.54. The Bertz CT molecular complexity index is 740. The quantitative estimate of drug-likeness (QED) is 0.672. The van der Waals surface area contributed by atoms with Crippen LogP contribution in [0.1, 0.15) is 10.5 Å². The van der Waals surface area contributed by atoms with Gasteiger partial charge < -0.3 is 9.72 Å². The van der Waals surface area contributed by atoms with E-state index in [1.165, 1.54) is 25.3 Å². The summed E-state index contributed by atoms with van der Waals surface area (Å²) >= 11 is 18.0. The van der Waals surface area contributed by atoms with Gasteiger partial charge in [0.15, 0.2) is 0 Å². The smallest absolute Gasteiger partial charge is 0.355 e. The van der Waals surface area contributed by atoms with Crippen molar-refractivity contribution in [2.45, 2.75) is 0 Å². The summed E-state index contributed by atoms with van der Waals surface area (Å²) in [7, 11) is 1.21. The number of pyridine rings is 1. The number of hydrogen-bond donors (Lipinski definition) is 1. The fraction of sp³-hybridized carbons (Fsp3) is 0.0769. The third kappa shape index (κ3) is 2.82. The number of aromatic amines is 1. The van der Waals surface area contributed by atoms with Gasteiger partial charge >= 0.3 is 5.97 Å². The lowest BCUT2D eigenvalue weighted by Crippen LogP contribution is -2.14. The number of carbonyl (C=O) groups is 1. The number of ether oxygens (including phenoxy) is 1. The van der Waals surface area contributed by atoms with Crippen LogP contribution in [0, 0.1) is 0 Å². The zero-order chi connectivity index (χ0) is 14.9. The molecule has 20 heavy (non-hydrogen) atoms. The number of hydrogen-bond acceptors (Lipinski definition) is 3.